The van der Waals surface area contributed by atoms with E-state index in [0.717, 1.165) is 12.2 Å². The van der Waals surface area contributed by atoms with Crippen LogP contribution in [0.4, 0.5) is 5.69 Å². The third-order valence-electron chi connectivity index (χ3n) is 6.15. The lowest BCUT2D eigenvalue weighted by Gasteiger charge is -2.27. The number of fused-ring (bicyclic) bond motifs is 5. The van der Waals surface area contributed by atoms with Crippen LogP contribution >= 0.6 is 0 Å². The highest BCUT2D eigenvalue weighted by Gasteiger charge is 2.29. The highest BCUT2D eigenvalue weighted by atomic mass is 16.5. The van der Waals surface area contributed by atoms with Crippen LogP contribution in [0, 0.1) is 0 Å². The van der Waals surface area contributed by atoms with Crippen molar-refractivity contribution in [2.45, 2.75) is 44.7 Å². The third kappa shape index (κ3) is 2.54. The monoisotopic (exact) mass is 360 g/mol. The van der Waals surface area contributed by atoms with Crippen molar-refractivity contribution < 1.29 is 9.53 Å². The number of esters is 1. The second kappa shape index (κ2) is 6.45. The van der Waals surface area contributed by atoms with Gasteiger partial charge in [-0.3, -0.25) is 0 Å². The number of ether oxygens (including phenoxy) is 1. The first-order valence-corrected chi connectivity index (χ1v) is 9.85. The van der Waals surface area contributed by atoms with E-state index in [1.54, 1.807) is 0 Å². The molecule has 1 saturated carbocycles. The standard InChI is InChI=1S/C23H24N2O2/c1-27-23(26)16-11-12-18-20(13-16)25-14-24-19-10-6-5-9-17(19)22(25)21(18)15-7-3-2-4-8-15/h5-6,9-13,15,24H,2-4,7-8,14H2,1H3. The minimum atomic E-state index is -0.282. The lowest BCUT2D eigenvalue weighted by atomic mass is 9.81. The number of carbonyl (C=O) groups excluding carboxylic acids is 1. The maximum atomic E-state index is 12.1. The van der Waals surface area contributed by atoms with Crippen molar-refractivity contribution in [2.75, 3.05) is 12.4 Å². The molecule has 0 saturated heterocycles. The smallest absolute Gasteiger partial charge is 0.337 e. The van der Waals surface area contributed by atoms with Gasteiger partial charge in [0.1, 0.15) is 0 Å². The fourth-order valence-electron chi connectivity index (χ4n) is 4.89. The van der Waals surface area contributed by atoms with Gasteiger partial charge < -0.3 is 14.6 Å². The van der Waals surface area contributed by atoms with Gasteiger partial charge in [-0.05, 0) is 42.5 Å². The van der Waals surface area contributed by atoms with Gasteiger partial charge in [-0.2, -0.15) is 0 Å². The molecular weight excluding hydrogens is 336 g/mol. The lowest BCUT2D eigenvalue weighted by molar-refractivity contribution is 0.0601. The van der Waals surface area contributed by atoms with Crippen LogP contribution in [0.5, 0.6) is 0 Å². The summed E-state index contributed by atoms with van der Waals surface area (Å²) in [6, 6.07) is 14.6. The summed E-state index contributed by atoms with van der Waals surface area (Å²) in [5, 5.41) is 4.82. The SMILES string of the molecule is COC(=O)c1ccc2c(C3CCCCC3)c3n(c2c1)CNc1ccccc1-3. The zero-order valence-electron chi connectivity index (χ0n) is 15.6. The first kappa shape index (κ1) is 16.4. The lowest BCUT2D eigenvalue weighted by Crippen LogP contribution is -2.16. The average molecular weight is 360 g/mol. The Balaban J connectivity index is 1.80. The predicted octanol–water partition coefficient (Wildman–Crippen LogP) is 5.53. The van der Waals surface area contributed by atoms with E-state index in [0.29, 0.717) is 11.5 Å². The minimum absolute atomic E-state index is 0.282. The van der Waals surface area contributed by atoms with E-state index < -0.39 is 0 Å². The van der Waals surface area contributed by atoms with E-state index in [2.05, 4.69) is 40.2 Å². The largest absolute Gasteiger partial charge is 0.465 e. The molecule has 0 spiro atoms. The summed E-state index contributed by atoms with van der Waals surface area (Å²) < 4.78 is 7.29. The van der Waals surface area contributed by atoms with Gasteiger partial charge in [0.25, 0.3) is 0 Å². The fraction of sp³-hybridized carbons (Fsp3) is 0.348. The Morgan fingerprint density at radius 3 is 2.74 bits per heavy atom. The van der Waals surface area contributed by atoms with Crippen LogP contribution in [0.2, 0.25) is 0 Å². The molecule has 4 nitrogen and oxygen atoms in total. The molecule has 4 heteroatoms. The fourth-order valence-corrected chi connectivity index (χ4v) is 4.89. The summed E-state index contributed by atoms with van der Waals surface area (Å²) >= 11 is 0. The van der Waals surface area contributed by atoms with E-state index >= 15 is 0 Å². The maximum Gasteiger partial charge on any atom is 0.337 e. The molecule has 1 aromatic heterocycles. The number of nitrogens with one attached hydrogen (secondary N) is 1. The maximum absolute atomic E-state index is 12.1. The van der Waals surface area contributed by atoms with Gasteiger partial charge in [-0.1, -0.05) is 43.5 Å². The molecule has 2 heterocycles. The number of carbonyl (C=O) groups is 1. The molecule has 27 heavy (non-hydrogen) atoms. The second-order valence-corrected chi connectivity index (χ2v) is 7.63. The Hall–Kier alpha value is -2.75. The van der Waals surface area contributed by atoms with E-state index in [-0.39, 0.29) is 5.97 Å². The predicted molar refractivity (Wildman–Crippen MR) is 108 cm³/mol. The zero-order chi connectivity index (χ0) is 18.4. The summed E-state index contributed by atoms with van der Waals surface area (Å²) in [7, 11) is 1.44. The summed E-state index contributed by atoms with van der Waals surface area (Å²) in [6.07, 6.45) is 6.45. The Bertz CT molecular complexity index is 1030. The zero-order valence-corrected chi connectivity index (χ0v) is 15.6. The molecule has 1 aliphatic carbocycles. The number of methoxy groups -OCH3 is 1. The van der Waals surface area contributed by atoms with Gasteiger partial charge >= 0.3 is 5.97 Å². The molecule has 1 aliphatic heterocycles. The van der Waals surface area contributed by atoms with Crippen LogP contribution < -0.4 is 5.32 Å². The van der Waals surface area contributed by atoms with E-state index in [9.17, 15) is 4.79 Å². The Morgan fingerprint density at radius 2 is 1.93 bits per heavy atom. The van der Waals surface area contributed by atoms with Crippen molar-refractivity contribution >= 4 is 22.6 Å². The van der Waals surface area contributed by atoms with Crippen molar-refractivity contribution in [3.63, 3.8) is 0 Å². The number of para-hydroxylation sites is 1. The summed E-state index contributed by atoms with van der Waals surface area (Å²) in [6.45, 7) is 0.722. The van der Waals surface area contributed by atoms with Crippen molar-refractivity contribution in [1.82, 2.24) is 4.57 Å². The van der Waals surface area contributed by atoms with E-state index in [4.69, 9.17) is 4.74 Å². The van der Waals surface area contributed by atoms with E-state index in [1.807, 2.05) is 12.1 Å². The molecule has 3 aromatic rings. The topological polar surface area (TPSA) is 43.3 Å². The quantitative estimate of drug-likeness (QED) is 0.612. The number of aromatic nitrogens is 1. The van der Waals surface area contributed by atoms with Gasteiger partial charge in [-0.15, -0.1) is 0 Å². The van der Waals surface area contributed by atoms with Crippen molar-refractivity contribution in [3.05, 3.63) is 53.6 Å². The normalized spacial score (nSPS) is 16.5. The molecule has 0 radical (unpaired) electrons. The molecule has 0 unspecified atom stereocenters. The van der Waals surface area contributed by atoms with Crippen LogP contribution in [0.15, 0.2) is 42.5 Å². The van der Waals surface area contributed by atoms with Crippen molar-refractivity contribution in [2.24, 2.45) is 0 Å². The Labute approximate surface area is 159 Å². The van der Waals surface area contributed by atoms with Crippen molar-refractivity contribution in [1.29, 1.82) is 0 Å². The molecule has 0 atom stereocenters. The van der Waals surface area contributed by atoms with Gasteiger partial charge in [0.15, 0.2) is 0 Å². The Kier molecular flexibility index (Phi) is 3.92. The van der Waals surface area contributed by atoms with Crippen LogP contribution in [-0.4, -0.2) is 17.6 Å². The molecule has 0 amide bonds. The Morgan fingerprint density at radius 1 is 1.11 bits per heavy atom. The average Bonchev–Trinajstić information content (AvgIpc) is 3.08. The van der Waals surface area contributed by atoms with Crippen LogP contribution in [0.25, 0.3) is 22.2 Å². The van der Waals surface area contributed by atoms with E-state index in [1.165, 1.54) is 67.1 Å². The first-order chi connectivity index (χ1) is 13.3. The molecule has 1 fully saturated rings. The second-order valence-electron chi connectivity index (χ2n) is 7.63. The van der Waals surface area contributed by atoms with Crippen LogP contribution in [0.3, 0.4) is 0 Å². The number of rotatable bonds is 2. The number of benzene rings is 2. The number of hydrogen-bond donors (Lipinski definition) is 1. The van der Waals surface area contributed by atoms with Gasteiger partial charge in [0.05, 0.1) is 30.6 Å². The van der Waals surface area contributed by atoms with Crippen molar-refractivity contribution in [3.8, 4) is 11.3 Å². The number of hydrogen-bond acceptors (Lipinski definition) is 3. The van der Waals surface area contributed by atoms with Crippen LogP contribution in [0.1, 0.15) is 53.9 Å². The molecule has 5 rings (SSSR count). The minimum Gasteiger partial charge on any atom is -0.465 e. The van der Waals surface area contributed by atoms with Gasteiger partial charge in [0.2, 0.25) is 0 Å². The number of nitrogens with zero attached hydrogens (tertiary/aromatic N) is 1. The van der Waals surface area contributed by atoms with Gasteiger partial charge in [0, 0.05) is 16.6 Å². The highest BCUT2D eigenvalue weighted by Crippen LogP contribution is 2.47. The molecule has 0 bridgehead atoms. The molecule has 2 aliphatic rings. The molecule has 2 aromatic carbocycles. The summed E-state index contributed by atoms with van der Waals surface area (Å²) in [5.41, 5.74) is 6.98. The molecule has 1 N–H and O–H groups in total. The summed E-state index contributed by atoms with van der Waals surface area (Å²) in [4.78, 5) is 12.1. The van der Waals surface area contributed by atoms with Crippen LogP contribution in [-0.2, 0) is 11.4 Å². The third-order valence-corrected chi connectivity index (χ3v) is 6.15. The molecular formula is C23H24N2O2. The first-order valence-electron chi connectivity index (χ1n) is 9.85. The molecule has 138 valence electrons. The number of anilines is 1. The summed E-state index contributed by atoms with van der Waals surface area (Å²) in [5.74, 6) is 0.309. The van der Waals surface area contributed by atoms with Gasteiger partial charge in [-0.25, -0.2) is 4.79 Å². The highest BCUT2D eigenvalue weighted by molar-refractivity contribution is 6.00.